The molecule has 3 aromatic heterocycles. The van der Waals surface area contributed by atoms with Crippen LogP contribution in [0.25, 0.3) is 0 Å². The van der Waals surface area contributed by atoms with Crippen molar-refractivity contribution in [1.82, 2.24) is 29.1 Å². The van der Waals surface area contributed by atoms with Crippen LogP contribution in [0.3, 0.4) is 0 Å². The summed E-state index contributed by atoms with van der Waals surface area (Å²) in [6.45, 7) is 30.9. The van der Waals surface area contributed by atoms with E-state index in [0.29, 0.717) is 19.5 Å². The first-order valence-corrected chi connectivity index (χ1v) is 30.4. The van der Waals surface area contributed by atoms with Crippen molar-refractivity contribution in [2.24, 2.45) is 0 Å². The molecule has 0 saturated heterocycles. The van der Waals surface area contributed by atoms with E-state index in [1.807, 2.05) is 37.7 Å². The molecule has 266 valence electrons. The van der Waals surface area contributed by atoms with Crippen LogP contribution in [-0.4, -0.2) is 79.2 Å². The Morgan fingerprint density at radius 1 is 0.717 bits per heavy atom. The van der Waals surface area contributed by atoms with Crippen LogP contribution < -0.4 is 0 Å². The van der Waals surface area contributed by atoms with Gasteiger partial charge in [0.15, 0.2) is 0 Å². The molecule has 0 spiro atoms. The van der Waals surface area contributed by atoms with Gasteiger partial charge < -0.3 is 23.8 Å². The number of hydrogen-bond acceptors (Lipinski definition) is 6. The van der Waals surface area contributed by atoms with Crippen LogP contribution in [0.1, 0.15) is 17.5 Å². The van der Waals surface area contributed by atoms with Crippen molar-refractivity contribution in [2.75, 3.05) is 25.9 Å². The number of nitrogens with one attached hydrogen (secondary N) is 1. The monoisotopic (exact) mass is 1050 g/mol. The Balaban J connectivity index is 0.000000614. The molecule has 16 heteroatoms. The smallest absolute Gasteiger partial charge is 0.124 e. The summed E-state index contributed by atoms with van der Waals surface area (Å²) in [6.07, 6.45) is 5.69. The van der Waals surface area contributed by atoms with Gasteiger partial charge in [0, 0.05) is 50.2 Å². The Morgan fingerprint density at radius 2 is 1.22 bits per heavy atom. The van der Waals surface area contributed by atoms with E-state index in [1.54, 1.807) is 6.20 Å². The van der Waals surface area contributed by atoms with Gasteiger partial charge in [0.2, 0.25) is 0 Å². The third kappa shape index (κ3) is 26.5. The Kier molecular flexibility index (Phi) is 24.3. The van der Waals surface area contributed by atoms with E-state index < -0.39 is 24.2 Å². The zero-order valence-electron chi connectivity index (χ0n) is 30.1. The van der Waals surface area contributed by atoms with Gasteiger partial charge in [-0.25, -0.2) is 15.0 Å². The molecular weight excluding hydrogens is 993 g/mol. The van der Waals surface area contributed by atoms with Gasteiger partial charge in [-0.1, -0.05) is 70.5 Å². The lowest BCUT2D eigenvalue weighted by molar-refractivity contribution is 0.0841. The quantitative estimate of drug-likeness (QED) is 0.0749. The van der Waals surface area contributed by atoms with E-state index in [2.05, 4.69) is 151 Å². The van der Waals surface area contributed by atoms with Crippen LogP contribution in [0.2, 0.25) is 77.1 Å². The zero-order chi connectivity index (χ0) is 35.6. The maximum Gasteiger partial charge on any atom is 0.124 e. The molecule has 3 rings (SSSR count). The summed E-state index contributed by atoms with van der Waals surface area (Å²) in [4.78, 5) is 15.5. The lowest BCUT2D eigenvalue weighted by Gasteiger charge is -2.16. The second-order valence-corrected chi connectivity index (χ2v) is 34.9. The van der Waals surface area contributed by atoms with E-state index in [9.17, 15) is 0 Å². The van der Waals surface area contributed by atoms with Gasteiger partial charge in [-0.15, -0.1) is 0 Å². The van der Waals surface area contributed by atoms with E-state index in [4.69, 9.17) is 25.8 Å². The van der Waals surface area contributed by atoms with Gasteiger partial charge in [0.05, 0.1) is 16.1 Å². The summed E-state index contributed by atoms with van der Waals surface area (Å²) in [5.41, 5.74) is 0. The molecule has 3 aromatic rings. The number of hydrogen-bond donors (Lipinski definition) is 1. The van der Waals surface area contributed by atoms with Crippen molar-refractivity contribution in [1.29, 1.82) is 0 Å². The summed E-state index contributed by atoms with van der Waals surface area (Å²) >= 11 is 12.0. The van der Waals surface area contributed by atoms with Gasteiger partial charge >= 0.3 is 0 Å². The number of ether oxygens (including phenoxy) is 3. The van der Waals surface area contributed by atoms with Crippen molar-refractivity contribution in [3.63, 3.8) is 0 Å². The topological polar surface area (TPSA) is 92.0 Å². The minimum Gasteiger partial charge on any atom is -0.366 e. The van der Waals surface area contributed by atoms with Crippen LogP contribution in [0, 0.1) is 31.9 Å². The maximum atomic E-state index is 5.67. The SMILES string of the molecule is C[Si](C)(C)CCOCCl.Cc1nc(I)cn1COCC[Si](C)(C)C.Cc1ncc(I)[nH]1.Cc1ncc(I)n1COCC[Si](C)(C)C. The Labute approximate surface area is 328 Å². The van der Waals surface area contributed by atoms with Crippen molar-refractivity contribution < 1.29 is 14.2 Å². The number of aryl methyl sites for hydroxylation is 3. The van der Waals surface area contributed by atoms with Crippen molar-refractivity contribution >= 4 is 104 Å². The van der Waals surface area contributed by atoms with Gasteiger partial charge in [0.25, 0.3) is 0 Å². The zero-order valence-corrected chi connectivity index (χ0v) is 40.3. The fourth-order valence-corrected chi connectivity index (χ4v) is 7.32. The molecule has 0 aliphatic rings. The predicted molar refractivity (Wildman–Crippen MR) is 228 cm³/mol. The number of aromatic nitrogens is 6. The lowest BCUT2D eigenvalue weighted by atomic mass is 10.7. The maximum absolute atomic E-state index is 5.67. The number of H-pyrrole nitrogens is 1. The minimum absolute atomic E-state index is 0.338. The number of aromatic amines is 1. The highest BCUT2D eigenvalue weighted by atomic mass is 127. The Morgan fingerprint density at radius 3 is 1.54 bits per heavy atom. The number of nitrogens with zero attached hydrogens (tertiary/aromatic N) is 5. The second-order valence-electron chi connectivity index (χ2n) is 14.5. The molecule has 0 fully saturated rings. The predicted octanol–water partition coefficient (Wildman–Crippen LogP) is 10.1. The van der Waals surface area contributed by atoms with Crippen LogP contribution in [-0.2, 0) is 27.7 Å². The highest BCUT2D eigenvalue weighted by Crippen LogP contribution is 2.12. The lowest BCUT2D eigenvalue weighted by Crippen LogP contribution is -2.22. The van der Waals surface area contributed by atoms with E-state index >= 15 is 0 Å². The highest BCUT2D eigenvalue weighted by Gasteiger charge is 2.13. The highest BCUT2D eigenvalue weighted by molar-refractivity contribution is 14.1. The molecule has 0 atom stereocenters. The molecule has 0 unspecified atom stereocenters. The molecule has 0 radical (unpaired) electrons. The standard InChI is InChI=1S/2C10H19IN2OSi.C6H15ClOSi.C4H5IN2/c1-9-12-10(11)7-13(9)8-14-5-6-15(2,3)4;1-9-12-7-10(11)13(9)8-14-5-6-15(2,3)4;1-9(2,3)5-4-8-6-7;1-3-6-2-4(5)7-3/h2*7H,5-6,8H2,1-4H3;4-6H2,1-3H3;2H,1H3,(H,6,7). The largest absolute Gasteiger partial charge is 0.366 e. The number of imidazole rings is 3. The molecular formula is C30H58ClI3N6O3Si3. The summed E-state index contributed by atoms with van der Waals surface area (Å²) in [6, 6.07) is 3.99. The third-order valence-corrected chi connectivity index (χ3v) is 13.3. The molecule has 0 bridgehead atoms. The summed E-state index contributed by atoms with van der Waals surface area (Å²) in [5, 5.41) is 0. The molecule has 3 heterocycles. The molecule has 0 amide bonds. The van der Waals surface area contributed by atoms with Gasteiger partial charge in [-0.3, -0.25) is 4.57 Å². The number of alkyl halides is 1. The van der Waals surface area contributed by atoms with Crippen molar-refractivity contribution in [3.05, 3.63) is 47.2 Å². The van der Waals surface area contributed by atoms with Gasteiger partial charge in [0.1, 0.15) is 44.4 Å². The molecule has 9 nitrogen and oxygen atoms in total. The van der Waals surface area contributed by atoms with Gasteiger partial charge in [-0.2, -0.15) is 0 Å². The van der Waals surface area contributed by atoms with Gasteiger partial charge in [-0.05, 0) is 107 Å². The molecule has 0 aliphatic heterocycles. The summed E-state index contributed by atoms with van der Waals surface area (Å²) in [7, 11) is -2.79. The molecule has 0 saturated carbocycles. The third-order valence-electron chi connectivity index (χ3n) is 6.14. The summed E-state index contributed by atoms with van der Waals surface area (Å²) < 4.78 is 23.7. The van der Waals surface area contributed by atoms with E-state index in [-0.39, 0.29) is 0 Å². The first kappa shape index (κ1) is 46.6. The number of halogens is 4. The minimum atomic E-state index is -0.958. The first-order valence-electron chi connectivity index (χ1n) is 15.5. The van der Waals surface area contributed by atoms with Crippen LogP contribution in [0.15, 0.2) is 18.6 Å². The Bertz CT molecular complexity index is 1190. The second kappa shape index (κ2) is 23.9. The molecule has 46 heavy (non-hydrogen) atoms. The fraction of sp³-hybridized carbons (Fsp3) is 0.700. The fourth-order valence-electron chi connectivity index (χ4n) is 3.10. The Hall–Kier alpha value is 0.641. The van der Waals surface area contributed by atoms with E-state index in [0.717, 1.165) is 48.4 Å². The van der Waals surface area contributed by atoms with E-state index in [1.165, 1.54) is 18.1 Å². The molecule has 0 aromatic carbocycles. The molecule has 0 aliphatic carbocycles. The number of rotatable bonds is 14. The molecule has 1 N–H and O–H groups in total. The van der Waals surface area contributed by atoms with Crippen LogP contribution >= 0.6 is 79.4 Å². The average Bonchev–Trinajstić information content (AvgIpc) is 3.56. The first-order chi connectivity index (χ1) is 21.1. The normalized spacial score (nSPS) is 11.7. The van der Waals surface area contributed by atoms with Crippen molar-refractivity contribution in [3.8, 4) is 0 Å². The average molecular weight is 1050 g/mol. The van der Waals surface area contributed by atoms with Crippen LogP contribution in [0.4, 0.5) is 0 Å². The van der Waals surface area contributed by atoms with Crippen LogP contribution in [0.5, 0.6) is 0 Å². The summed E-state index contributed by atoms with van der Waals surface area (Å²) in [5.74, 6) is 3.02. The van der Waals surface area contributed by atoms with Crippen molar-refractivity contribution in [2.45, 2.75) is 111 Å².